The number of aromatic carboxylic acids is 1. The minimum absolute atomic E-state index is 0.00926. The number of benzene rings is 1. The molecule has 1 rings (SSSR count). The Kier molecular flexibility index (Phi) is 8.14. The average molecular weight is 294 g/mol. The van der Waals surface area contributed by atoms with Gasteiger partial charge in [0.25, 0.3) is 0 Å². The molecule has 0 aliphatic carbocycles. The number of carbonyl (C=O) groups is 3. The topological polar surface area (TPSA) is 112 Å². The van der Waals surface area contributed by atoms with Gasteiger partial charge in [0.05, 0.1) is 5.56 Å². The number of hydrogen-bond donors (Lipinski definition) is 3. The molecule has 0 saturated carbocycles. The van der Waals surface area contributed by atoms with Gasteiger partial charge in [-0.15, -0.1) is 0 Å². The largest absolute Gasteiger partial charge is 0.478 e. The molecule has 0 aromatic heterocycles. The van der Waals surface area contributed by atoms with Crippen LogP contribution < -0.4 is 0 Å². The van der Waals surface area contributed by atoms with Gasteiger partial charge in [0.1, 0.15) is 0 Å². The molecular formula is C15H18O6. The molecule has 6 heteroatoms. The van der Waals surface area contributed by atoms with Crippen LogP contribution in [0.1, 0.15) is 37.0 Å². The Balaban J connectivity index is 0.000000394. The highest BCUT2D eigenvalue weighted by Crippen LogP contribution is 2.12. The first kappa shape index (κ1) is 18.4. The minimum Gasteiger partial charge on any atom is -0.478 e. The number of hydrogen-bond acceptors (Lipinski definition) is 3. The van der Waals surface area contributed by atoms with E-state index in [2.05, 4.69) is 0 Å². The Morgan fingerprint density at radius 1 is 0.810 bits per heavy atom. The van der Waals surface area contributed by atoms with Gasteiger partial charge in [-0.2, -0.15) is 0 Å². The van der Waals surface area contributed by atoms with Crippen molar-refractivity contribution in [1.82, 2.24) is 0 Å². The van der Waals surface area contributed by atoms with Crippen LogP contribution in [0.4, 0.5) is 0 Å². The molecule has 0 aliphatic rings. The van der Waals surface area contributed by atoms with Crippen molar-refractivity contribution in [2.45, 2.75) is 26.7 Å². The number of aliphatic carboxylic acids is 2. The average Bonchev–Trinajstić information content (AvgIpc) is 2.45. The molecule has 0 fully saturated rings. The van der Waals surface area contributed by atoms with Gasteiger partial charge in [-0.25, -0.2) is 14.4 Å². The molecule has 0 spiro atoms. The van der Waals surface area contributed by atoms with E-state index < -0.39 is 17.9 Å². The summed E-state index contributed by atoms with van der Waals surface area (Å²) in [5.74, 6) is -3.16. The van der Waals surface area contributed by atoms with Crippen molar-refractivity contribution in [3.05, 3.63) is 47.0 Å². The highest BCUT2D eigenvalue weighted by molar-refractivity contribution is 5.98. The molecule has 1 aromatic rings. The lowest BCUT2D eigenvalue weighted by Gasteiger charge is -2.03. The molecule has 3 N–H and O–H groups in total. The van der Waals surface area contributed by atoms with E-state index >= 15 is 0 Å². The summed E-state index contributed by atoms with van der Waals surface area (Å²) in [4.78, 5) is 31.2. The third-order valence-electron chi connectivity index (χ3n) is 2.61. The monoisotopic (exact) mass is 294 g/mol. The zero-order chi connectivity index (χ0) is 16.4. The lowest BCUT2D eigenvalue weighted by atomic mass is 10.0. The van der Waals surface area contributed by atoms with E-state index in [0.717, 1.165) is 0 Å². The van der Waals surface area contributed by atoms with Crippen LogP contribution in [-0.4, -0.2) is 33.2 Å². The zero-order valence-electron chi connectivity index (χ0n) is 11.9. The van der Waals surface area contributed by atoms with Gasteiger partial charge in [0, 0.05) is 11.1 Å². The summed E-state index contributed by atoms with van der Waals surface area (Å²) >= 11 is 0. The number of rotatable bonds is 5. The van der Waals surface area contributed by atoms with Crippen LogP contribution in [0.2, 0.25) is 0 Å². The third-order valence-corrected chi connectivity index (χ3v) is 2.61. The Hall–Kier alpha value is -2.63. The summed E-state index contributed by atoms with van der Waals surface area (Å²) in [5.41, 5.74) is 0.313. The maximum Gasteiger partial charge on any atom is 0.335 e. The normalized spacial score (nSPS) is 10.8. The van der Waals surface area contributed by atoms with Gasteiger partial charge in [-0.1, -0.05) is 32.0 Å². The van der Waals surface area contributed by atoms with Gasteiger partial charge >= 0.3 is 17.9 Å². The Bertz CT molecular complexity index is 506. The molecule has 1 aromatic carbocycles. The van der Waals surface area contributed by atoms with Gasteiger partial charge in [-0.05, 0) is 25.0 Å². The smallest absolute Gasteiger partial charge is 0.335 e. The predicted octanol–water partition coefficient (Wildman–Crippen LogP) is 2.66. The second kappa shape index (κ2) is 9.30. The van der Waals surface area contributed by atoms with Gasteiger partial charge < -0.3 is 15.3 Å². The Labute approximate surface area is 122 Å². The summed E-state index contributed by atoms with van der Waals surface area (Å²) < 4.78 is 0. The molecule has 0 saturated heterocycles. The first-order chi connectivity index (χ1) is 9.84. The standard InChI is InChI=1S/C8H12O4.C7H6O2/c1-3-5(7(9)10)6(4-2)8(11)12;8-7(9)6-4-2-1-3-5-6/h3-4H2,1-2H3,(H,9,10)(H,11,12);1-5H,(H,8,9)/b6-5-;. The van der Waals surface area contributed by atoms with Crippen molar-refractivity contribution < 1.29 is 29.7 Å². The Morgan fingerprint density at radius 2 is 1.19 bits per heavy atom. The zero-order valence-corrected chi connectivity index (χ0v) is 11.9. The van der Waals surface area contributed by atoms with Crippen LogP contribution >= 0.6 is 0 Å². The first-order valence-electron chi connectivity index (χ1n) is 6.32. The lowest BCUT2D eigenvalue weighted by molar-refractivity contribution is -0.136. The molecular weight excluding hydrogens is 276 g/mol. The Morgan fingerprint density at radius 3 is 1.38 bits per heavy atom. The molecule has 6 nitrogen and oxygen atoms in total. The third kappa shape index (κ3) is 6.38. The number of carboxylic acids is 3. The summed E-state index contributed by atoms with van der Waals surface area (Å²) in [6.07, 6.45) is 0.482. The molecule has 0 aliphatic heterocycles. The van der Waals surface area contributed by atoms with Crippen LogP contribution in [0.3, 0.4) is 0 Å². The molecule has 114 valence electrons. The van der Waals surface area contributed by atoms with Crippen molar-refractivity contribution >= 4 is 17.9 Å². The van der Waals surface area contributed by atoms with Crippen molar-refractivity contribution in [3.63, 3.8) is 0 Å². The minimum atomic E-state index is -1.14. The van der Waals surface area contributed by atoms with E-state index in [4.69, 9.17) is 15.3 Å². The van der Waals surface area contributed by atoms with E-state index in [1.165, 1.54) is 0 Å². The lowest BCUT2D eigenvalue weighted by Crippen LogP contribution is -2.10. The summed E-state index contributed by atoms with van der Waals surface area (Å²) in [5, 5.41) is 25.6. The second-order valence-electron chi connectivity index (χ2n) is 3.95. The molecule has 0 radical (unpaired) electrons. The van der Waals surface area contributed by atoms with Crippen molar-refractivity contribution in [2.75, 3.05) is 0 Å². The van der Waals surface area contributed by atoms with Crippen LogP contribution in [-0.2, 0) is 9.59 Å². The highest BCUT2D eigenvalue weighted by Gasteiger charge is 2.16. The van der Waals surface area contributed by atoms with E-state index in [1.54, 1.807) is 44.2 Å². The maximum absolute atomic E-state index is 10.5. The first-order valence-corrected chi connectivity index (χ1v) is 6.32. The van der Waals surface area contributed by atoms with E-state index in [0.29, 0.717) is 5.56 Å². The van der Waals surface area contributed by atoms with Crippen LogP contribution in [0.15, 0.2) is 41.5 Å². The molecule has 0 unspecified atom stereocenters. The fourth-order valence-electron chi connectivity index (χ4n) is 1.57. The maximum atomic E-state index is 10.5. The SMILES string of the molecule is CC/C(C(=O)O)=C(\CC)C(=O)O.O=C(O)c1ccccc1. The quantitative estimate of drug-likeness (QED) is 0.720. The van der Waals surface area contributed by atoms with Crippen LogP contribution in [0.5, 0.6) is 0 Å². The fraction of sp³-hybridized carbons (Fsp3) is 0.267. The molecule has 0 amide bonds. The van der Waals surface area contributed by atoms with E-state index in [-0.39, 0.29) is 24.0 Å². The van der Waals surface area contributed by atoms with Crippen molar-refractivity contribution in [3.8, 4) is 0 Å². The van der Waals surface area contributed by atoms with Gasteiger partial charge in [0.15, 0.2) is 0 Å². The fourth-order valence-corrected chi connectivity index (χ4v) is 1.57. The van der Waals surface area contributed by atoms with Crippen LogP contribution in [0, 0.1) is 0 Å². The number of carboxylic acid groups (broad SMARTS) is 3. The predicted molar refractivity (Wildman–Crippen MR) is 76.3 cm³/mol. The summed E-state index contributed by atoms with van der Waals surface area (Å²) in [6.45, 7) is 3.25. The van der Waals surface area contributed by atoms with Crippen LogP contribution in [0.25, 0.3) is 0 Å². The second-order valence-corrected chi connectivity index (χ2v) is 3.95. The highest BCUT2D eigenvalue weighted by atomic mass is 16.4. The van der Waals surface area contributed by atoms with Gasteiger partial charge in [0.2, 0.25) is 0 Å². The molecule has 0 atom stereocenters. The van der Waals surface area contributed by atoms with Crippen molar-refractivity contribution in [2.24, 2.45) is 0 Å². The summed E-state index contributed by atoms with van der Waals surface area (Å²) in [6, 6.07) is 8.30. The molecule has 0 heterocycles. The van der Waals surface area contributed by atoms with Crippen molar-refractivity contribution in [1.29, 1.82) is 0 Å². The summed E-state index contributed by atoms with van der Waals surface area (Å²) in [7, 11) is 0. The van der Waals surface area contributed by atoms with E-state index in [9.17, 15) is 14.4 Å². The van der Waals surface area contributed by atoms with Gasteiger partial charge in [-0.3, -0.25) is 0 Å². The molecule has 0 bridgehead atoms. The van der Waals surface area contributed by atoms with E-state index in [1.807, 2.05) is 0 Å². The molecule has 21 heavy (non-hydrogen) atoms.